The molecule has 1 N–H and O–H groups in total. The number of oxazole rings is 1. The third-order valence-corrected chi connectivity index (χ3v) is 2.17. The summed E-state index contributed by atoms with van der Waals surface area (Å²) in [6.07, 6.45) is 2.75. The molecule has 0 unspecified atom stereocenters. The molecule has 1 saturated carbocycles. The van der Waals surface area contributed by atoms with Crippen LogP contribution in [0.1, 0.15) is 23.9 Å². The molecule has 1 aromatic rings. The van der Waals surface area contributed by atoms with E-state index < -0.39 is 0 Å². The number of rotatable bonds is 2. The molecule has 3 heteroatoms. The van der Waals surface area contributed by atoms with Gasteiger partial charge in [-0.2, -0.15) is 0 Å². The Morgan fingerprint density at radius 1 is 1.82 bits per heavy atom. The second-order valence-corrected chi connectivity index (χ2v) is 3.08. The van der Waals surface area contributed by atoms with Crippen molar-refractivity contribution >= 4 is 0 Å². The fraction of sp³-hybridized carbons (Fsp3) is 0.625. The molecule has 2 rings (SSSR count). The molecule has 2 atom stereocenters. The van der Waals surface area contributed by atoms with Gasteiger partial charge in [0.25, 0.3) is 0 Å². The highest BCUT2D eigenvalue weighted by molar-refractivity contribution is 5.14. The van der Waals surface area contributed by atoms with Gasteiger partial charge in [-0.15, -0.1) is 0 Å². The number of aryl methyl sites for hydroxylation is 1. The van der Waals surface area contributed by atoms with Crippen molar-refractivity contribution in [1.82, 2.24) is 4.98 Å². The van der Waals surface area contributed by atoms with Gasteiger partial charge in [0.1, 0.15) is 6.26 Å². The molecule has 60 valence electrons. The van der Waals surface area contributed by atoms with Crippen molar-refractivity contribution in [2.24, 2.45) is 5.92 Å². The van der Waals surface area contributed by atoms with E-state index in [1.807, 2.05) is 6.92 Å². The monoisotopic (exact) mass is 153 g/mol. The Morgan fingerprint density at radius 2 is 2.64 bits per heavy atom. The number of aromatic nitrogens is 1. The number of nitrogens with zero attached hydrogens (tertiary/aromatic N) is 1. The zero-order valence-electron chi connectivity index (χ0n) is 6.45. The van der Waals surface area contributed by atoms with Crippen LogP contribution in [0.3, 0.4) is 0 Å². The van der Waals surface area contributed by atoms with Crippen LogP contribution in [0.5, 0.6) is 0 Å². The molecular weight excluding hydrogens is 142 g/mol. The predicted molar refractivity (Wildman–Crippen MR) is 39.2 cm³/mol. The van der Waals surface area contributed by atoms with Gasteiger partial charge < -0.3 is 9.52 Å². The van der Waals surface area contributed by atoms with Crippen LogP contribution < -0.4 is 0 Å². The normalized spacial score (nSPS) is 28.9. The van der Waals surface area contributed by atoms with E-state index in [0.29, 0.717) is 17.7 Å². The average molecular weight is 153 g/mol. The first-order valence-electron chi connectivity index (χ1n) is 3.84. The van der Waals surface area contributed by atoms with Crippen LogP contribution in [0.4, 0.5) is 0 Å². The first kappa shape index (κ1) is 6.85. The van der Waals surface area contributed by atoms with E-state index in [9.17, 15) is 0 Å². The molecule has 0 amide bonds. The number of aliphatic hydroxyl groups is 1. The molecule has 1 aliphatic rings. The van der Waals surface area contributed by atoms with Crippen molar-refractivity contribution in [2.75, 3.05) is 6.61 Å². The Bertz CT molecular complexity index is 256. The maximum absolute atomic E-state index is 8.79. The molecule has 0 radical (unpaired) electrons. The number of hydrogen-bond acceptors (Lipinski definition) is 3. The summed E-state index contributed by atoms with van der Waals surface area (Å²) in [7, 11) is 0. The lowest BCUT2D eigenvalue weighted by Gasteiger charge is -1.87. The van der Waals surface area contributed by atoms with Crippen molar-refractivity contribution in [2.45, 2.75) is 19.3 Å². The minimum absolute atomic E-state index is 0.274. The van der Waals surface area contributed by atoms with E-state index in [1.54, 1.807) is 6.26 Å². The van der Waals surface area contributed by atoms with Gasteiger partial charge in [-0.1, -0.05) is 0 Å². The van der Waals surface area contributed by atoms with Crippen LogP contribution in [-0.2, 0) is 0 Å². The van der Waals surface area contributed by atoms with Crippen LogP contribution in [0.15, 0.2) is 10.7 Å². The van der Waals surface area contributed by atoms with Crippen LogP contribution >= 0.6 is 0 Å². The highest BCUT2D eigenvalue weighted by Crippen LogP contribution is 2.46. The molecule has 11 heavy (non-hydrogen) atoms. The zero-order chi connectivity index (χ0) is 7.84. The van der Waals surface area contributed by atoms with E-state index in [0.717, 1.165) is 12.1 Å². The van der Waals surface area contributed by atoms with Crippen molar-refractivity contribution < 1.29 is 9.52 Å². The molecule has 0 aliphatic heterocycles. The van der Waals surface area contributed by atoms with Crippen LogP contribution in [0, 0.1) is 12.8 Å². The Morgan fingerprint density at radius 3 is 3.09 bits per heavy atom. The summed E-state index contributed by atoms with van der Waals surface area (Å²) >= 11 is 0. The molecular formula is C8H11NO2. The minimum atomic E-state index is 0.274. The standard InChI is InChI=1S/C8H11NO2/c1-5-9-8(4-11-5)7-2-6(7)3-10/h4,6-7,10H,2-3H2,1H3/t6-,7+/m1/s1. The van der Waals surface area contributed by atoms with Gasteiger partial charge >= 0.3 is 0 Å². The average Bonchev–Trinajstić information content (AvgIpc) is 2.68. The highest BCUT2D eigenvalue weighted by atomic mass is 16.3. The summed E-state index contributed by atoms with van der Waals surface area (Å²) in [5.74, 6) is 1.60. The van der Waals surface area contributed by atoms with Crippen LogP contribution in [-0.4, -0.2) is 16.7 Å². The summed E-state index contributed by atoms with van der Waals surface area (Å²) < 4.78 is 5.07. The Hall–Kier alpha value is -0.830. The summed E-state index contributed by atoms with van der Waals surface area (Å²) in [5.41, 5.74) is 1.00. The first-order valence-corrected chi connectivity index (χ1v) is 3.84. The quantitative estimate of drug-likeness (QED) is 0.691. The summed E-state index contributed by atoms with van der Waals surface area (Å²) in [5, 5.41) is 8.79. The van der Waals surface area contributed by atoms with E-state index in [2.05, 4.69) is 4.98 Å². The van der Waals surface area contributed by atoms with Crippen LogP contribution in [0.25, 0.3) is 0 Å². The first-order chi connectivity index (χ1) is 5.31. The van der Waals surface area contributed by atoms with Gasteiger partial charge in [0.15, 0.2) is 5.89 Å². The summed E-state index contributed by atoms with van der Waals surface area (Å²) in [6, 6.07) is 0. The van der Waals surface area contributed by atoms with Crippen molar-refractivity contribution in [3.8, 4) is 0 Å². The molecule has 0 bridgehead atoms. The predicted octanol–water partition coefficient (Wildman–Crippen LogP) is 1.08. The topological polar surface area (TPSA) is 46.3 Å². The summed E-state index contributed by atoms with van der Waals surface area (Å²) in [4.78, 5) is 4.19. The van der Waals surface area contributed by atoms with Crippen molar-refractivity contribution in [3.05, 3.63) is 17.8 Å². The lowest BCUT2D eigenvalue weighted by Crippen LogP contribution is -1.88. The molecule has 1 aromatic heterocycles. The Labute approximate surface area is 65.1 Å². The second-order valence-electron chi connectivity index (χ2n) is 3.08. The minimum Gasteiger partial charge on any atom is -0.449 e. The third kappa shape index (κ3) is 1.16. The van der Waals surface area contributed by atoms with E-state index in [-0.39, 0.29) is 6.61 Å². The lowest BCUT2D eigenvalue weighted by molar-refractivity contribution is 0.273. The second kappa shape index (κ2) is 2.34. The molecule has 3 nitrogen and oxygen atoms in total. The largest absolute Gasteiger partial charge is 0.449 e. The van der Waals surface area contributed by atoms with E-state index >= 15 is 0 Å². The molecule has 0 spiro atoms. The smallest absolute Gasteiger partial charge is 0.191 e. The van der Waals surface area contributed by atoms with Crippen molar-refractivity contribution in [3.63, 3.8) is 0 Å². The van der Waals surface area contributed by atoms with Gasteiger partial charge in [-0.05, 0) is 12.3 Å². The summed E-state index contributed by atoms with van der Waals surface area (Å²) in [6.45, 7) is 2.11. The number of aliphatic hydroxyl groups excluding tert-OH is 1. The Balaban J connectivity index is 2.08. The molecule has 1 fully saturated rings. The lowest BCUT2D eigenvalue weighted by atomic mass is 10.3. The molecule has 1 heterocycles. The molecule has 1 aliphatic carbocycles. The fourth-order valence-electron chi connectivity index (χ4n) is 1.36. The van der Waals surface area contributed by atoms with Crippen molar-refractivity contribution in [1.29, 1.82) is 0 Å². The van der Waals surface area contributed by atoms with E-state index in [4.69, 9.17) is 9.52 Å². The molecule has 0 saturated heterocycles. The van der Waals surface area contributed by atoms with Gasteiger partial charge in [-0.25, -0.2) is 4.98 Å². The number of hydrogen-bond donors (Lipinski definition) is 1. The van der Waals surface area contributed by atoms with Gasteiger partial charge in [0.2, 0.25) is 0 Å². The SMILES string of the molecule is Cc1nc([C@H]2C[C@@H]2CO)co1. The van der Waals surface area contributed by atoms with Gasteiger partial charge in [0, 0.05) is 19.4 Å². The molecule has 0 aromatic carbocycles. The van der Waals surface area contributed by atoms with Crippen LogP contribution in [0.2, 0.25) is 0 Å². The van der Waals surface area contributed by atoms with E-state index in [1.165, 1.54) is 0 Å². The maximum Gasteiger partial charge on any atom is 0.191 e. The highest BCUT2D eigenvalue weighted by Gasteiger charge is 2.39. The third-order valence-electron chi connectivity index (χ3n) is 2.17. The Kier molecular flexibility index (Phi) is 1.46. The maximum atomic E-state index is 8.79. The fourth-order valence-corrected chi connectivity index (χ4v) is 1.36. The van der Waals surface area contributed by atoms with Gasteiger partial charge in [-0.3, -0.25) is 0 Å². The zero-order valence-corrected chi connectivity index (χ0v) is 6.45. The van der Waals surface area contributed by atoms with Gasteiger partial charge in [0.05, 0.1) is 5.69 Å².